The zero-order valence-electron chi connectivity index (χ0n) is 10.1. The molecule has 0 N–H and O–H groups in total. The van der Waals surface area contributed by atoms with Crippen molar-refractivity contribution in [3.63, 3.8) is 0 Å². The quantitative estimate of drug-likeness (QED) is 0.602. The Hall–Kier alpha value is 0.430. The summed E-state index contributed by atoms with van der Waals surface area (Å²) in [7, 11) is 1.29. The van der Waals surface area contributed by atoms with E-state index in [4.69, 9.17) is 0 Å². The molecule has 88 valence electrons. The average molecular weight is 226 g/mol. The highest BCUT2D eigenvalue weighted by atomic mass is 31.1. The van der Waals surface area contributed by atoms with Crippen LogP contribution in [0.4, 0.5) is 0 Å². The van der Waals surface area contributed by atoms with Gasteiger partial charge < -0.3 is 0 Å². The Morgan fingerprint density at radius 2 is 1.00 bits per heavy atom. The van der Waals surface area contributed by atoms with Crippen LogP contribution in [0.3, 0.4) is 0 Å². The van der Waals surface area contributed by atoms with Crippen molar-refractivity contribution < 1.29 is 0 Å². The molecule has 2 rings (SSSR count). The summed E-state index contributed by atoms with van der Waals surface area (Å²) in [6, 6.07) is 0. The maximum atomic E-state index is 1.58. The second-order valence-corrected chi connectivity index (χ2v) is 6.98. The van der Waals surface area contributed by atoms with Crippen molar-refractivity contribution in [3.05, 3.63) is 0 Å². The standard InChI is InChI=1S/C14H27P/c1-3-7-13(8-4-1)11-15-12-14-9-5-2-6-10-14/h13-15H,1-12H2. The van der Waals surface area contributed by atoms with E-state index in [9.17, 15) is 0 Å². The van der Waals surface area contributed by atoms with E-state index in [1.807, 2.05) is 0 Å². The molecule has 0 aliphatic heterocycles. The van der Waals surface area contributed by atoms with Crippen LogP contribution in [-0.2, 0) is 0 Å². The third-order valence-electron chi connectivity index (χ3n) is 4.32. The predicted molar refractivity (Wildman–Crippen MR) is 71.2 cm³/mol. The van der Waals surface area contributed by atoms with Crippen LogP contribution in [0.25, 0.3) is 0 Å². The highest BCUT2D eigenvalue weighted by Crippen LogP contribution is 2.33. The van der Waals surface area contributed by atoms with Crippen molar-refractivity contribution in [1.82, 2.24) is 0 Å². The largest absolute Gasteiger partial charge is 0.122 e. The molecule has 0 radical (unpaired) electrons. The monoisotopic (exact) mass is 226 g/mol. The van der Waals surface area contributed by atoms with Crippen molar-refractivity contribution in [2.24, 2.45) is 11.8 Å². The van der Waals surface area contributed by atoms with Crippen LogP contribution in [0, 0.1) is 11.8 Å². The Morgan fingerprint density at radius 1 is 0.600 bits per heavy atom. The van der Waals surface area contributed by atoms with Crippen LogP contribution in [0.15, 0.2) is 0 Å². The Balaban J connectivity index is 1.53. The summed E-state index contributed by atoms with van der Waals surface area (Å²) < 4.78 is 0. The molecule has 0 saturated heterocycles. The minimum Gasteiger partial charge on any atom is -0.122 e. The second kappa shape index (κ2) is 6.89. The summed E-state index contributed by atoms with van der Waals surface area (Å²) in [6.07, 6.45) is 18.5. The van der Waals surface area contributed by atoms with Crippen molar-refractivity contribution in [2.75, 3.05) is 12.3 Å². The molecule has 0 amide bonds. The lowest BCUT2D eigenvalue weighted by molar-refractivity contribution is 0.382. The van der Waals surface area contributed by atoms with E-state index in [2.05, 4.69) is 0 Å². The first-order chi connectivity index (χ1) is 7.45. The highest BCUT2D eigenvalue weighted by molar-refractivity contribution is 7.38. The minimum absolute atomic E-state index is 1.13. The van der Waals surface area contributed by atoms with E-state index < -0.39 is 0 Å². The fourth-order valence-corrected chi connectivity index (χ4v) is 5.07. The SMILES string of the molecule is C1CCC(CPCC2CCCCC2)CC1. The summed E-state index contributed by atoms with van der Waals surface area (Å²) in [6.45, 7) is 0. The number of hydrogen-bond acceptors (Lipinski definition) is 0. The lowest BCUT2D eigenvalue weighted by atomic mass is 9.91. The molecule has 0 bridgehead atoms. The normalized spacial score (nSPS) is 25.6. The van der Waals surface area contributed by atoms with E-state index in [1.54, 1.807) is 38.0 Å². The molecule has 0 nitrogen and oxygen atoms in total. The molecular formula is C14H27P. The van der Waals surface area contributed by atoms with Gasteiger partial charge in [0.15, 0.2) is 0 Å². The van der Waals surface area contributed by atoms with Gasteiger partial charge >= 0.3 is 0 Å². The molecule has 0 aromatic carbocycles. The van der Waals surface area contributed by atoms with Crippen LogP contribution in [-0.4, -0.2) is 12.3 Å². The van der Waals surface area contributed by atoms with E-state index in [-0.39, 0.29) is 0 Å². The maximum absolute atomic E-state index is 1.58. The topological polar surface area (TPSA) is 0 Å². The van der Waals surface area contributed by atoms with E-state index in [0.717, 1.165) is 11.8 Å². The Kier molecular flexibility index (Phi) is 5.47. The second-order valence-electron chi connectivity index (χ2n) is 5.67. The molecule has 0 heterocycles. The van der Waals surface area contributed by atoms with Crippen molar-refractivity contribution in [1.29, 1.82) is 0 Å². The predicted octanol–water partition coefficient (Wildman–Crippen LogP) is 4.83. The fourth-order valence-electron chi connectivity index (χ4n) is 3.27. The van der Waals surface area contributed by atoms with Crippen LogP contribution in [0.1, 0.15) is 64.2 Å². The summed E-state index contributed by atoms with van der Waals surface area (Å²) in [5.41, 5.74) is 0. The van der Waals surface area contributed by atoms with Crippen LogP contribution in [0.2, 0.25) is 0 Å². The number of rotatable bonds is 4. The Morgan fingerprint density at radius 3 is 1.40 bits per heavy atom. The van der Waals surface area contributed by atoms with Gasteiger partial charge in [0, 0.05) is 0 Å². The third-order valence-corrected chi connectivity index (χ3v) is 6.05. The molecule has 1 heteroatoms. The molecular weight excluding hydrogens is 199 g/mol. The zero-order chi connectivity index (χ0) is 10.3. The first kappa shape index (κ1) is 11.9. The van der Waals surface area contributed by atoms with Gasteiger partial charge in [-0.15, -0.1) is 8.58 Å². The Labute approximate surface area is 97.4 Å². The van der Waals surface area contributed by atoms with Gasteiger partial charge in [-0.1, -0.05) is 64.2 Å². The fraction of sp³-hybridized carbons (Fsp3) is 1.00. The van der Waals surface area contributed by atoms with Crippen LogP contribution >= 0.6 is 8.58 Å². The summed E-state index contributed by atoms with van der Waals surface area (Å²) in [4.78, 5) is 0. The van der Waals surface area contributed by atoms with E-state index >= 15 is 0 Å². The van der Waals surface area contributed by atoms with Gasteiger partial charge in [0.05, 0.1) is 0 Å². The maximum Gasteiger partial charge on any atom is -0.0325 e. The third kappa shape index (κ3) is 4.43. The number of hydrogen-bond donors (Lipinski definition) is 0. The molecule has 2 fully saturated rings. The minimum atomic E-state index is 1.13. The smallest absolute Gasteiger partial charge is 0.0325 e. The van der Waals surface area contributed by atoms with E-state index in [0.29, 0.717) is 0 Å². The zero-order valence-corrected chi connectivity index (χ0v) is 11.1. The van der Waals surface area contributed by atoms with Gasteiger partial charge in [-0.3, -0.25) is 0 Å². The van der Waals surface area contributed by atoms with Gasteiger partial charge in [0.1, 0.15) is 0 Å². The van der Waals surface area contributed by atoms with Crippen LogP contribution < -0.4 is 0 Å². The van der Waals surface area contributed by atoms with Crippen molar-refractivity contribution in [3.8, 4) is 0 Å². The first-order valence-electron chi connectivity index (χ1n) is 7.16. The molecule has 2 aliphatic rings. The lowest BCUT2D eigenvalue weighted by Gasteiger charge is -2.24. The van der Waals surface area contributed by atoms with Crippen LogP contribution in [0.5, 0.6) is 0 Å². The average Bonchev–Trinajstić information content (AvgIpc) is 2.32. The van der Waals surface area contributed by atoms with Crippen molar-refractivity contribution >= 4 is 8.58 Å². The summed E-state index contributed by atoms with van der Waals surface area (Å²) in [5, 5.41) is 0. The highest BCUT2D eigenvalue weighted by Gasteiger charge is 2.16. The van der Waals surface area contributed by atoms with Gasteiger partial charge in [0.25, 0.3) is 0 Å². The molecule has 0 aromatic heterocycles. The van der Waals surface area contributed by atoms with Gasteiger partial charge in [-0.05, 0) is 24.2 Å². The molecule has 2 aliphatic carbocycles. The summed E-state index contributed by atoms with van der Waals surface area (Å²) >= 11 is 0. The molecule has 15 heavy (non-hydrogen) atoms. The molecule has 2 saturated carbocycles. The molecule has 0 aromatic rings. The molecule has 0 unspecified atom stereocenters. The summed E-state index contributed by atoms with van der Waals surface area (Å²) in [5.74, 6) is 2.25. The molecule has 0 spiro atoms. The van der Waals surface area contributed by atoms with Gasteiger partial charge in [-0.25, -0.2) is 0 Å². The van der Waals surface area contributed by atoms with Gasteiger partial charge in [0.2, 0.25) is 0 Å². The lowest BCUT2D eigenvalue weighted by Crippen LogP contribution is -2.11. The molecule has 0 atom stereocenters. The Bertz CT molecular complexity index is 137. The van der Waals surface area contributed by atoms with Gasteiger partial charge in [-0.2, -0.15) is 0 Å². The first-order valence-corrected chi connectivity index (χ1v) is 8.57. The van der Waals surface area contributed by atoms with E-state index in [1.165, 1.54) is 47.1 Å². The van der Waals surface area contributed by atoms with Crippen molar-refractivity contribution in [2.45, 2.75) is 64.2 Å².